The van der Waals surface area contributed by atoms with Crippen molar-refractivity contribution in [3.8, 4) is 11.5 Å². The van der Waals surface area contributed by atoms with Crippen LogP contribution < -0.4 is 20.1 Å². The van der Waals surface area contributed by atoms with Gasteiger partial charge in [0.1, 0.15) is 0 Å². The van der Waals surface area contributed by atoms with Crippen molar-refractivity contribution in [2.45, 2.75) is 6.04 Å². The summed E-state index contributed by atoms with van der Waals surface area (Å²) in [6.07, 6.45) is 0. The van der Waals surface area contributed by atoms with Crippen molar-refractivity contribution >= 4 is 29.1 Å². The van der Waals surface area contributed by atoms with E-state index < -0.39 is 11.8 Å². The Morgan fingerprint density at radius 2 is 1.77 bits per heavy atom. The van der Waals surface area contributed by atoms with Gasteiger partial charge in [-0.15, -0.1) is 0 Å². The minimum absolute atomic E-state index is 0.0970. The molecule has 2 aliphatic rings. The number of benzene rings is 2. The number of fused-ring (bicyclic) bond motifs is 1. The summed E-state index contributed by atoms with van der Waals surface area (Å²) in [6.45, 7) is 4.08. The third-order valence-corrected chi connectivity index (χ3v) is 5.87. The number of piperazine rings is 1. The van der Waals surface area contributed by atoms with Gasteiger partial charge in [-0.25, -0.2) is 0 Å². The smallest absolute Gasteiger partial charge is 0.313 e. The lowest BCUT2D eigenvalue weighted by Crippen LogP contribution is -2.49. The van der Waals surface area contributed by atoms with Crippen LogP contribution in [0.4, 0.5) is 5.69 Å². The normalized spacial score (nSPS) is 17.2. The van der Waals surface area contributed by atoms with E-state index in [4.69, 9.17) is 21.1 Å². The zero-order chi connectivity index (χ0) is 21.8. The highest BCUT2D eigenvalue weighted by atomic mass is 35.5. The lowest BCUT2D eigenvalue weighted by Gasteiger charge is -2.38. The third kappa shape index (κ3) is 5.10. The highest BCUT2D eigenvalue weighted by Crippen LogP contribution is 2.35. The van der Waals surface area contributed by atoms with E-state index in [0.717, 1.165) is 31.7 Å². The van der Waals surface area contributed by atoms with Gasteiger partial charge < -0.3 is 25.0 Å². The van der Waals surface area contributed by atoms with Crippen LogP contribution in [0.3, 0.4) is 0 Å². The van der Waals surface area contributed by atoms with Crippen LogP contribution in [0.2, 0.25) is 5.02 Å². The van der Waals surface area contributed by atoms with Crippen LogP contribution in [-0.2, 0) is 9.59 Å². The van der Waals surface area contributed by atoms with Crippen LogP contribution >= 0.6 is 11.6 Å². The fraction of sp³-hybridized carbons (Fsp3) is 0.364. The van der Waals surface area contributed by atoms with Gasteiger partial charge in [0.05, 0.1) is 16.8 Å². The van der Waals surface area contributed by atoms with Crippen LogP contribution in [-0.4, -0.2) is 68.2 Å². The number of anilines is 1. The number of carbonyl (C=O) groups excluding carboxylic acids is 2. The summed E-state index contributed by atoms with van der Waals surface area (Å²) in [7, 11) is 2.09. The highest BCUT2D eigenvalue weighted by molar-refractivity contribution is 6.41. The molecule has 1 fully saturated rings. The molecule has 4 rings (SSSR count). The van der Waals surface area contributed by atoms with E-state index in [2.05, 4.69) is 27.5 Å². The first kappa shape index (κ1) is 21.4. The molecule has 2 aliphatic heterocycles. The summed E-state index contributed by atoms with van der Waals surface area (Å²) in [5, 5.41) is 5.70. The van der Waals surface area contributed by atoms with Crippen LogP contribution in [0, 0.1) is 0 Å². The van der Waals surface area contributed by atoms with Crippen molar-refractivity contribution in [2.24, 2.45) is 0 Å². The molecule has 8 nitrogen and oxygen atoms in total. The van der Waals surface area contributed by atoms with Crippen molar-refractivity contribution in [3.63, 3.8) is 0 Å². The molecule has 2 amide bonds. The summed E-state index contributed by atoms with van der Waals surface area (Å²) in [5.74, 6) is -0.0563. The highest BCUT2D eigenvalue weighted by Gasteiger charge is 2.27. The van der Waals surface area contributed by atoms with Gasteiger partial charge in [0.15, 0.2) is 11.5 Å². The SMILES string of the molecule is CN1CCN([C@@H](CNC(=O)C(=O)Nc2ccccc2Cl)c2ccc3c(c2)OCO3)CC1. The molecule has 0 aliphatic carbocycles. The number of ether oxygens (including phenoxy) is 2. The Morgan fingerprint density at radius 1 is 1.03 bits per heavy atom. The van der Waals surface area contributed by atoms with Gasteiger partial charge in [-0.1, -0.05) is 29.8 Å². The first-order valence-electron chi connectivity index (χ1n) is 10.2. The van der Waals surface area contributed by atoms with Crippen molar-refractivity contribution in [3.05, 3.63) is 53.1 Å². The number of likely N-dealkylation sites (N-methyl/N-ethyl adjacent to an activating group) is 1. The van der Waals surface area contributed by atoms with Gasteiger partial charge >= 0.3 is 11.8 Å². The number of para-hydroxylation sites is 1. The third-order valence-electron chi connectivity index (χ3n) is 5.54. The van der Waals surface area contributed by atoms with Gasteiger partial charge in [0.2, 0.25) is 6.79 Å². The van der Waals surface area contributed by atoms with E-state index in [1.54, 1.807) is 24.3 Å². The largest absolute Gasteiger partial charge is 0.454 e. The predicted octanol–water partition coefficient (Wildman–Crippen LogP) is 2.11. The molecule has 0 unspecified atom stereocenters. The van der Waals surface area contributed by atoms with E-state index in [1.807, 2.05) is 18.2 Å². The summed E-state index contributed by atoms with van der Waals surface area (Å²) in [4.78, 5) is 29.4. The molecule has 1 saturated heterocycles. The average molecular weight is 445 g/mol. The fourth-order valence-corrected chi connectivity index (χ4v) is 3.91. The van der Waals surface area contributed by atoms with Crippen LogP contribution in [0.5, 0.6) is 11.5 Å². The molecule has 0 saturated carbocycles. The first-order chi connectivity index (χ1) is 15.0. The van der Waals surface area contributed by atoms with E-state index in [-0.39, 0.29) is 19.4 Å². The molecule has 0 spiro atoms. The Balaban J connectivity index is 1.45. The van der Waals surface area contributed by atoms with Gasteiger partial charge in [0.25, 0.3) is 0 Å². The lowest BCUT2D eigenvalue weighted by molar-refractivity contribution is -0.136. The quantitative estimate of drug-likeness (QED) is 0.687. The van der Waals surface area contributed by atoms with Gasteiger partial charge in [0, 0.05) is 32.7 Å². The van der Waals surface area contributed by atoms with E-state index in [1.165, 1.54) is 0 Å². The van der Waals surface area contributed by atoms with Crippen LogP contribution in [0.25, 0.3) is 0 Å². The lowest BCUT2D eigenvalue weighted by atomic mass is 10.0. The van der Waals surface area contributed by atoms with Crippen molar-refractivity contribution in [1.29, 1.82) is 0 Å². The molecular formula is C22H25ClN4O4. The van der Waals surface area contributed by atoms with Gasteiger partial charge in [-0.05, 0) is 36.9 Å². The Morgan fingerprint density at radius 3 is 2.55 bits per heavy atom. The van der Waals surface area contributed by atoms with Crippen LogP contribution in [0.15, 0.2) is 42.5 Å². The monoisotopic (exact) mass is 444 g/mol. The fourth-order valence-electron chi connectivity index (χ4n) is 3.72. The molecule has 164 valence electrons. The number of hydrogen-bond donors (Lipinski definition) is 2. The maximum atomic E-state index is 12.5. The maximum absolute atomic E-state index is 12.5. The standard InChI is InChI=1S/C22H25ClN4O4/c1-26-8-10-27(11-9-26)18(15-6-7-19-20(12-15)31-14-30-19)13-24-21(28)22(29)25-17-5-3-2-4-16(17)23/h2-7,12,18H,8-11,13-14H2,1H3,(H,24,28)(H,25,29)/t18-/m0/s1. The van der Waals surface area contributed by atoms with E-state index in [0.29, 0.717) is 22.2 Å². The number of halogens is 1. The maximum Gasteiger partial charge on any atom is 0.313 e. The van der Waals surface area contributed by atoms with E-state index in [9.17, 15) is 9.59 Å². The summed E-state index contributed by atoms with van der Waals surface area (Å²) in [6, 6.07) is 12.5. The predicted molar refractivity (Wildman–Crippen MR) is 117 cm³/mol. The molecule has 9 heteroatoms. The number of rotatable bonds is 5. The number of nitrogens with one attached hydrogen (secondary N) is 2. The zero-order valence-electron chi connectivity index (χ0n) is 17.3. The van der Waals surface area contributed by atoms with Crippen molar-refractivity contribution in [1.82, 2.24) is 15.1 Å². The summed E-state index contributed by atoms with van der Waals surface area (Å²) in [5.41, 5.74) is 1.40. The molecule has 0 radical (unpaired) electrons. The van der Waals surface area contributed by atoms with Crippen molar-refractivity contribution in [2.75, 3.05) is 51.9 Å². The summed E-state index contributed by atoms with van der Waals surface area (Å²) >= 11 is 6.06. The molecule has 2 heterocycles. The molecule has 31 heavy (non-hydrogen) atoms. The van der Waals surface area contributed by atoms with Gasteiger partial charge in [-0.2, -0.15) is 0 Å². The second-order valence-corrected chi connectivity index (χ2v) is 8.02. The molecular weight excluding hydrogens is 420 g/mol. The second-order valence-electron chi connectivity index (χ2n) is 7.61. The summed E-state index contributed by atoms with van der Waals surface area (Å²) < 4.78 is 10.9. The molecule has 1 atom stereocenters. The Labute approximate surface area is 186 Å². The number of nitrogens with zero attached hydrogens (tertiary/aromatic N) is 2. The average Bonchev–Trinajstić information content (AvgIpc) is 3.24. The molecule has 2 aromatic carbocycles. The van der Waals surface area contributed by atoms with E-state index >= 15 is 0 Å². The number of hydrogen-bond acceptors (Lipinski definition) is 6. The second kappa shape index (κ2) is 9.55. The van der Waals surface area contributed by atoms with Crippen molar-refractivity contribution < 1.29 is 19.1 Å². The molecule has 0 aromatic heterocycles. The Hall–Kier alpha value is -2.81. The minimum Gasteiger partial charge on any atom is -0.454 e. The first-order valence-corrected chi connectivity index (χ1v) is 10.5. The topological polar surface area (TPSA) is 83.1 Å². The Bertz CT molecular complexity index is 962. The number of carbonyl (C=O) groups is 2. The molecule has 2 N–H and O–H groups in total. The Kier molecular flexibility index (Phi) is 6.60. The molecule has 0 bridgehead atoms. The minimum atomic E-state index is -0.754. The van der Waals surface area contributed by atoms with Gasteiger partial charge in [-0.3, -0.25) is 14.5 Å². The molecule has 2 aromatic rings. The van der Waals surface area contributed by atoms with Crippen LogP contribution in [0.1, 0.15) is 11.6 Å². The zero-order valence-corrected chi connectivity index (χ0v) is 18.0. The number of amides is 2.